The summed E-state index contributed by atoms with van der Waals surface area (Å²) in [6, 6.07) is 14.7. The summed E-state index contributed by atoms with van der Waals surface area (Å²) in [6.07, 6.45) is 2.23. The number of aromatic nitrogens is 3. The number of H-pyrrole nitrogens is 1. The number of nitrogens with one attached hydrogen (secondary N) is 1. The highest BCUT2D eigenvalue weighted by molar-refractivity contribution is 5.92. The van der Waals surface area contributed by atoms with Gasteiger partial charge in [0.05, 0.1) is 17.8 Å². The second-order valence-corrected chi connectivity index (χ2v) is 5.74. The van der Waals surface area contributed by atoms with Gasteiger partial charge in [0.15, 0.2) is 0 Å². The molecule has 24 heavy (non-hydrogen) atoms. The Morgan fingerprint density at radius 1 is 1.08 bits per heavy atom. The van der Waals surface area contributed by atoms with Crippen LogP contribution in [0.2, 0.25) is 0 Å². The Bertz CT molecular complexity index is 929. The van der Waals surface area contributed by atoms with Gasteiger partial charge in [-0.1, -0.05) is 24.3 Å². The number of para-hydroxylation sites is 1. The van der Waals surface area contributed by atoms with Crippen LogP contribution in [-0.2, 0) is 13.0 Å². The molecule has 1 aliphatic heterocycles. The van der Waals surface area contributed by atoms with Gasteiger partial charge in [0, 0.05) is 24.9 Å². The topological polar surface area (TPSA) is 71.0 Å². The molecule has 120 valence electrons. The van der Waals surface area contributed by atoms with Crippen molar-refractivity contribution in [2.24, 2.45) is 0 Å². The van der Waals surface area contributed by atoms with E-state index in [4.69, 9.17) is 0 Å². The summed E-state index contributed by atoms with van der Waals surface area (Å²) in [5.41, 5.74) is 2.64. The minimum atomic E-state index is -0.145. The number of pyridine rings is 1. The number of rotatable bonds is 2. The number of amides is 1. The minimum Gasteiger partial charge on any atom is -0.332 e. The van der Waals surface area contributed by atoms with Crippen LogP contribution in [0, 0.1) is 0 Å². The molecule has 6 heteroatoms. The van der Waals surface area contributed by atoms with Gasteiger partial charge in [-0.05, 0) is 24.3 Å². The van der Waals surface area contributed by atoms with Crippen molar-refractivity contribution in [3.05, 3.63) is 82.0 Å². The third kappa shape index (κ3) is 2.42. The molecule has 6 nitrogen and oxygen atoms in total. The van der Waals surface area contributed by atoms with E-state index in [1.807, 2.05) is 30.3 Å². The molecule has 0 fully saturated rings. The third-order valence-corrected chi connectivity index (χ3v) is 4.24. The van der Waals surface area contributed by atoms with Crippen LogP contribution in [0.1, 0.15) is 21.7 Å². The van der Waals surface area contributed by atoms with Crippen LogP contribution in [0.5, 0.6) is 0 Å². The molecule has 1 amide bonds. The highest BCUT2D eigenvalue weighted by Gasteiger charge is 2.27. The van der Waals surface area contributed by atoms with Crippen molar-refractivity contribution in [1.29, 1.82) is 0 Å². The monoisotopic (exact) mass is 320 g/mol. The Hall–Kier alpha value is -3.15. The Labute approximate surface area is 138 Å². The van der Waals surface area contributed by atoms with E-state index in [1.54, 1.807) is 34.0 Å². The van der Waals surface area contributed by atoms with Crippen LogP contribution in [0.15, 0.2) is 59.5 Å². The summed E-state index contributed by atoms with van der Waals surface area (Å²) < 4.78 is 1.54. The minimum absolute atomic E-state index is 0.102. The number of fused-ring (bicyclic) bond motifs is 1. The van der Waals surface area contributed by atoms with E-state index in [0.29, 0.717) is 30.8 Å². The molecule has 0 spiro atoms. The fraction of sp³-hybridized carbons (Fsp3) is 0.167. The summed E-state index contributed by atoms with van der Waals surface area (Å²) in [4.78, 5) is 31.0. The van der Waals surface area contributed by atoms with Gasteiger partial charge in [-0.25, -0.2) is 4.68 Å². The Morgan fingerprint density at radius 3 is 2.62 bits per heavy atom. The van der Waals surface area contributed by atoms with Crippen molar-refractivity contribution < 1.29 is 4.79 Å². The normalized spacial score (nSPS) is 13.6. The van der Waals surface area contributed by atoms with Gasteiger partial charge in [0.1, 0.15) is 5.69 Å². The van der Waals surface area contributed by atoms with Crippen LogP contribution in [0.25, 0.3) is 5.69 Å². The molecule has 0 aliphatic carbocycles. The predicted molar refractivity (Wildman–Crippen MR) is 89.1 cm³/mol. The second kappa shape index (κ2) is 5.81. The molecule has 1 aromatic carbocycles. The van der Waals surface area contributed by atoms with Crippen molar-refractivity contribution in [2.75, 3.05) is 6.54 Å². The molecule has 0 saturated heterocycles. The number of carbonyl (C=O) groups excluding carboxylic acids is 1. The molecule has 0 bridgehead atoms. The van der Waals surface area contributed by atoms with Gasteiger partial charge in [-0.15, -0.1) is 0 Å². The molecular weight excluding hydrogens is 304 g/mol. The molecule has 3 aromatic rings. The number of hydrogen-bond donors (Lipinski definition) is 1. The number of benzene rings is 1. The fourth-order valence-electron chi connectivity index (χ4n) is 2.99. The van der Waals surface area contributed by atoms with Crippen molar-refractivity contribution in [1.82, 2.24) is 19.7 Å². The van der Waals surface area contributed by atoms with Crippen molar-refractivity contribution in [2.45, 2.75) is 13.0 Å². The highest BCUT2D eigenvalue weighted by atomic mass is 16.2. The first kappa shape index (κ1) is 14.4. The smallest absolute Gasteiger partial charge is 0.276 e. The molecular formula is C18H16N4O2. The van der Waals surface area contributed by atoms with Crippen LogP contribution in [0.3, 0.4) is 0 Å². The fourth-order valence-corrected chi connectivity index (χ4v) is 2.99. The van der Waals surface area contributed by atoms with Gasteiger partial charge < -0.3 is 4.90 Å². The Morgan fingerprint density at radius 2 is 1.88 bits per heavy atom. The molecule has 4 rings (SSSR count). The zero-order chi connectivity index (χ0) is 16.5. The maximum absolute atomic E-state index is 12.7. The first-order chi connectivity index (χ1) is 11.7. The van der Waals surface area contributed by atoms with Crippen molar-refractivity contribution in [3.63, 3.8) is 0 Å². The van der Waals surface area contributed by atoms with E-state index in [1.165, 1.54) is 0 Å². The molecule has 0 saturated carbocycles. The average Bonchev–Trinajstić information content (AvgIpc) is 2.99. The van der Waals surface area contributed by atoms with E-state index in [2.05, 4.69) is 10.1 Å². The zero-order valence-electron chi connectivity index (χ0n) is 13.0. The average molecular weight is 320 g/mol. The number of carbonyl (C=O) groups is 1. The van der Waals surface area contributed by atoms with E-state index in [9.17, 15) is 9.59 Å². The van der Waals surface area contributed by atoms with Crippen LogP contribution < -0.4 is 5.56 Å². The molecule has 0 atom stereocenters. The second-order valence-electron chi connectivity index (χ2n) is 5.74. The third-order valence-electron chi connectivity index (χ3n) is 4.24. The van der Waals surface area contributed by atoms with Crippen LogP contribution in [0.4, 0.5) is 0 Å². The predicted octanol–water partition coefficient (Wildman–Crippen LogP) is 1.76. The van der Waals surface area contributed by atoms with Crippen molar-refractivity contribution in [3.8, 4) is 5.69 Å². The molecule has 3 heterocycles. The summed E-state index contributed by atoms with van der Waals surface area (Å²) in [6.45, 7) is 0.872. The van der Waals surface area contributed by atoms with Crippen LogP contribution in [-0.4, -0.2) is 32.1 Å². The van der Waals surface area contributed by atoms with Crippen LogP contribution >= 0.6 is 0 Å². The van der Waals surface area contributed by atoms with E-state index in [0.717, 1.165) is 11.4 Å². The quantitative estimate of drug-likeness (QED) is 0.782. The van der Waals surface area contributed by atoms with Gasteiger partial charge in [-0.2, -0.15) is 0 Å². The summed E-state index contributed by atoms with van der Waals surface area (Å²) in [5.74, 6) is -0.145. The molecule has 1 N–H and O–H groups in total. The van der Waals surface area contributed by atoms with E-state index < -0.39 is 0 Å². The lowest BCUT2D eigenvalue weighted by Gasteiger charge is -2.25. The first-order valence-corrected chi connectivity index (χ1v) is 7.82. The summed E-state index contributed by atoms with van der Waals surface area (Å²) in [7, 11) is 0. The highest BCUT2D eigenvalue weighted by Crippen LogP contribution is 2.17. The lowest BCUT2D eigenvalue weighted by atomic mass is 10.1. The largest absolute Gasteiger partial charge is 0.332 e. The first-order valence-electron chi connectivity index (χ1n) is 7.82. The lowest BCUT2D eigenvalue weighted by molar-refractivity contribution is 0.0728. The van der Waals surface area contributed by atoms with Gasteiger partial charge in [-0.3, -0.25) is 19.7 Å². The summed E-state index contributed by atoms with van der Waals surface area (Å²) in [5, 5.41) is 3.17. The van der Waals surface area contributed by atoms with Gasteiger partial charge in [0.25, 0.3) is 11.5 Å². The number of aromatic amines is 1. The SMILES string of the molecule is O=C(c1ccccn1)N1CCc2[nH]n(-c3ccccc3)c(=O)c2C1. The van der Waals surface area contributed by atoms with E-state index >= 15 is 0 Å². The number of hydrogen-bond acceptors (Lipinski definition) is 3. The standard InChI is InChI=1S/C18H16N4O2/c23-17-14-12-21(18(24)16-8-4-5-10-19-16)11-9-15(14)20-22(17)13-6-2-1-3-7-13/h1-8,10,20H,9,11-12H2. The molecule has 1 aliphatic rings. The molecule has 2 aromatic heterocycles. The number of nitrogens with zero attached hydrogens (tertiary/aromatic N) is 3. The maximum Gasteiger partial charge on any atom is 0.276 e. The lowest BCUT2D eigenvalue weighted by Crippen LogP contribution is -2.37. The van der Waals surface area contributed by atoms with E-state index in [-0.39, 0.29) is 11.5 Å². The van der Waals surface area contributed by atoms with Gasteiger partial charge >= 0.3 is 0 Å². The molecule has 0 unspecified atom stereocenters. The Balaban J connectivity index is 1.65. The molecule has 0 radical (unpaired) electrons. The van der Waals surface area contributed by atoms with Gasteiger partial charge in [0.2, 0.25) is 0 Å². The summed E-state index contributed by atoms with van der Waals surface area (Å²) >= 11 is 0. The van der Waals surface area contributed by atoms with Crippen molar-refractivity contribution >= 4 is 5.91 Å². The zero-order valence-corrected chi connectivity index (χ0v) is 13.0. The Kier molecular flexibility index (Phi) is 3.49. The maximum atomic E-state index is 12.7.